The van der Waals surface area contributed by atoms with Crippen LogP contribution >= 0.6 is 11.3 Å². The summed E-state index contributed by atoms with van der Waals surface area (Å²) in [5, 5.41) is 2.76. The lowest BCUT2D eigenvalue weighted by Gasteiger charge is -2.35. The van der Waals surface area contributed by atoms with Crippen molar-refractivity contribution < 1.29 is 18.7 Å². The number of piperidine rings is 1. The van der Waals surface area contributed by atoms with E-state index in [2.05, 4.69) is 10.3 Å². The Morgan fingerprint density at radius 3 is 2.85 bits per heavy atom. The van der Waals surface area contributed by atoms with Gasteiger partial charge in [-0.1, -0.05) is 0 Å². The smallest absolute Gasteiger partial charge is 0.410 e. The van der Waals surface area contributed by atoms with Gasteiger partial charge >= 0.3 is 6.09 Å². The largest absolute Gasteiger partial charge is 0.444 e. The number of amides is 2. The van der Waals surface area contributed by atoms with Gasteiger partial charge in [0.1, 0.15) is 11.8 Å². The van der Waals surface area contributed by atoms with Gasteiger partial charge in [-0.15, -0.1) is 11.3 Å². The van der Waals surface area contributed by atoms with Crippen LogP contribution in [0, 0.1) is 5.92 Å². The van der Waals surface area contributed by atoms with E-state index >= 15 is 0 Å². The van der Waals surface area contributed by atoms with Gasteiger partial charge in [0.25, 0.3) is 0 Å². The van der Waals surface area contributed by atoms with Crippen molar-refractivity contribution in [2.24, 2.45) is 5.92 Å². The molecule has 1 saturated heterocycles. The molecular weight excluding hydrogens is 357 g/mol. The molecule has 0 bridgehead atoms. The van der Waals surface area contributed by atoms with Gasteiger partial charge in [-0.3, -0.25) is 4.79 Å². The zero-order valence-electron chi connectivity index (χ0n) is 15.0. The van der Waals surface area contributed by atoms with Crippen LogP contribution in [0.2, 0.25) is 0 Å². The lowest BCUT2D eigenvalue weighted by atomic mass is 9.94. The molecule has 1 aliphatic rings. The molecule has 8 heteroatoms. The summed E-state index contributed by atoms with van der Waals surface area (Å²) in [7, 11) is 0. The fourth-order valence-corrected chi connectivity index (χ4v) is 3.52. The third-order valence-corrected chi connectivity index (χ3v) is 4.94. The standard InChI is InChI=1S/C18H22FN3O3S/c1-18(2,3)25-17(24)22-7-6-12(13(19)9-22)16(23)21-11-4-5-15-14(8-11)20-10-26-15/h4-5,8,10,12-13H,6-7,9H2,1-3H3,(H,21,23)/t12-,13-/m1/s1. The van der Waals surface area contributed by atoms with E-state index in [1.54, 1.807) is 38.4 Å². The summed E-state index contributed by atoms with van der Waals surface area (Å²) in [4.78, 5) is 30.0. The van der Waals surface area contributed by atoms with E-state index in [1.807, 2.05) is 6.07 Å². The van der Waals surface area contributed by atoms with Crippen LogP contribution in [0.25, 0.3) is 10.2 Å². The molecule has 1 N–H and O–H groups in total. The molecule has 1 aliphatic heterocycles. The number of benzene rings is 1. The number of hydrogen-bond acceptors (Lipinski definition) is 5. The van der Waals surface area contributed by atoms with Crippen LogP contribution < -0.4 is 5.32 Å². The van der Waals surface area contributed by atoms with Gasteiger partial charge in [-0.25, -0.2) is 14.2 Å². The van der Waals surface area contributed by atoms with Crippen LogP contribution in [0.4, 0.5) is 14.9 Å². The number of thiazole rings is 1. The van der Waals surface area contributed by atoms with Crippen molar-refractivity contribution in [3.8, 4) is 0 Å². The fraction of sp³-hybridized carbons (Fsp3) is 0.500. The highest BCUT2D eigenvalue weighted by atomic mass is 32.1. The van der Waals surface area contributed by atoms with Gasteiger partial charge in [0.2, 0.25) is 5.91 Å². The molecule has 140 valence electrons. The maximum atomic E-state index is 14.5. The first kappa shape index (κ1) is 18.6. The zero-order valence-corrected chi connectivity index (χ0v) is 15.8. The van der Waals surface area contributed by atoms with Crippen LogP contribution in [-0.4, -0.2) is 46.7 Å². The van der Waals surface area contributed by atoms with E-state index in [-0.39, 0.29) is 18.9 Å². The van der Waals surface area contributed by atoms with Crippen molar-refractivity contribution >= 4 is 39.2 Å². The molecule has 3 rings (SSSR count). The van der Waals surface area contributed by atoms with E-state index < -0.39 is 23.8 Å². The van der Waals surface area contributed by atoms with Crippen molar-refractivity contribution in [1.82, 2.24) is 9.88 Å². The third-order valence-electron chi connectivity index (χ3n) is 4.13. The number of anilines is 1. The Morgan fingerprint density at radius 2 is 2.15 bits per heavy atom. The molecule has 0 unspecified atom stereocenters. The molecule has 1 aromatic carbocycles. The lowest BCUT2D eigenvalue weighted by Crippen LogP contribution is -2.49. The van der Waals surface area contributed by atoms with E-state index in [9.17, 15) is 14.0 Å². The molecule has 1 fully saturated rings. The summed E-state index contributed by atoms with van der Waals surface area (Å²) in [6.07, 6.45) is -1.72. The van der Waals surface area contributed by atoms with E-state index in [1.165, 1.54) is 16.2 Å². The van der Waals surface area contributed by atoms with E-state index in [0.29, 0.717) is 12.2 Å². The topological polar surface area (TPSA) is 71.5 Å². The minimum absolute atomic E-state index is 0.141. The number of likely N-dealkylation sites (tertiary alicyclic amines) is 1. The molecule has 2 heterocycles. The number of ether oxygens (including phenoxy) is 1. The Labute approximate surface area is 155 Å². The van der Waals surface area contributed by atoms with Crippen LogP contribution in [0.1, 0.15) is 27.2 Å². The fourth-order valence-electron chi connectivity index (χ4n) is 2.86. The van der Waals surface area contributed by atoms with Crippen molar-refractivity contribution in [3.63, 3.8) is 0 Å². The summed E-state index contributed by atoms with van der Waals surface area (Å²) in [5.41, 5.74) is 2.49. The van der Waals surface area contributed by atoms with Crippen LogP contribution in [0.15, 0.2) is 23.7 Å². The molecule has 26 heavy (non-hydrogen) atoms. The summed E-state index contributed by atoms with van der Waals surface area (Å²) < 4.78 is 20.8. The quantitative estimate of drug-likeness (QED) is 0.861. The number of halogens is 1. The van der Waals surface area contributed by atoms with Crippen molar-refractivity contribution in [2.75, 3.05) is 18.4 Å². The molecule has 0 spiro atoms. The number of nitrogens with zero attached hydrogens (tertiary/aromatic N) is 2. The van der Waals surface area contributed by atoms with Gasteiger partial charge in [-0.2, -0.15) is 0 Å². The zero-order chi connectivity index (χ0) is 18.9. The lowest BCUT2D eigenvalue weighted by molar-refractivity contribution is -0.123. The molecule has 6 nitrogen and oxygen atoms in total. The first-order valence-electron chi connectivity index (χ1n) is 8.49. The number of hydrogen-bond donors (Lipinski definition) is 1. The van der Waals surface area contributed by atoms with Gasteiger partial charge in [0, 0.05) is 12.2 Å². The molecule has 2 amide bonds. The Balaban J connectivity index is 1.60. The maximum absolute atomic E-state index is 14.5. The van der Waals surface area contributed by atoms with Crippen LogP contribution in [0.5, 0.6) is 0 Å². The number of rotatable bonds is 2. The average Bonchev–Trinajstić information content (AvgIpc) is 3.00. The summed E-state index contributed by atoms with van der Waals surface area (Å²) >= 11 is 1.52. The Bertz CT molecular complexity index is 817. The van der Waals surface area contributed by atoms with Gasteiger partial charge in [0.15, 0.2) is 0 Å². The van der Waals surface area contributed by atoms with Crippen molar-refractivity contribution in [2.45, 2.75) is 39.0 Å². The third kappa shape index (κ3) is 4.30. The molecule has 1 aromatic heterocycles. The minimum Gasteiger partial charge on any atom is -0.444 e. The normalized spacial score (nSPS) is 20.8. The molecule has 2 aromatic rings. The number of nitrogens with one attached hydrogen (secondary N) is 1. The molecule has 0 aliphatic carbocycles. The highest BCUT2D eigenvalue weighted by Gasteiger charge is 2.37. The summed E-state index contributed by atoms with van der Waals surface area (Å²) in [6, 6.07) is 5.43. The first-order chi connectivity index (χ1) is 12.2. The number of carbonyl (C=O) groups is 2. The summed E-state index contributed by atoms with van der Waals surface area (Å²) in [6.45, 7) is 5.43. The molecule has 0 radical (unpaired) electrons. The van der Waals surface area contributed by atoms with E-state index in [0.717, 1.165) is 10.2 Å². The molecule has 2 atom stereocenters. The van der Waals surface area contributed by atoms with Crippen LogP contribution in [-0.2, 0) is 9.53 Å². The number of alkyl halides is 1. The number of fused-ring (bicyclic) bond motifs is 1. The molecule has 0 saturated carbocycles. The highest BCUT2D eigenvalue weighted by Crippen LogP contribution is 2.26. The second kappa shape index (κ2) is 7.19. The Morgan fingerprint density at radius 1 is 1.38 bits per heavy atom. The second-order valence-corrected chi connectivity index (χ2v) is 8.25. The highest BCUT2D eigenvalue weighted by molar-refractivity contribution is 7.16. The van der Waals surface area contributed by atoms with Crippen molar-refractivity contribution in [3.05, 3.63) is 23.7 Å². The van der Waals surface area contributed by atoms with Crippen LogP contribution in [0.3, 0.4) is 0 Å². The van der Waals surface area contributed by atoms with Gasteiger partial charge in [-0.05, 0) is 45.4 Å². The number of carbonyl (C=O) groups excluding carboxylic acids is 2. The maximum Gasteiger partial charge on any atom is 0.410 e. The van der Waals surface area contributed by atoms with Gasteiger partial charge < -0.3 is 15.0 Å². The van der Waals surface area contributed by atoms with E-state index in [4.69, 9.17) is 4.74 Å². The predicted molar refractivity (Wildman–Crippen MR) is 99.1 cm³/mol. The second-order valence-electron chi connectivity index (χ2n) is 7.36. The predicted octanol–water partition coefficient (Wildman–Crippen LogP) is 3.83. The SMILES string of the molecule is CC(C)(C)OC(=O)N1CC[C@@H](C(=O)Nc2ccc3scnc3c2)[C@H](F)C1. The monoisotopic (exact) mass is 379 g/mol. The molecular formula is C18H22FN3O3S. The minimum atomic E-state index is -1.43. The first-order valence-corrected chi connectivity index (χ1v) is 9.37. The average molecular weight is 379 g/mol. The summed E-state index contributed by atoms with van der Waals surface area (Å²) in [5.74, 6) is -1.17. The Kier molecular flexibility index (Phi) is 5.13. The van der Waals surface area contributed by atoms with Crippen molar-refractivity contribution in [1.29, 1.82) is 0 Å². The Hall–Kier alpha value is -2.22. The number of aromatic nitrogens is 1. The van der Waals surface area contributed by atoms with Gasteiger partial charge in [0.05, 0.1) is 28.2 Å².